The summed E-state index contributed by atoms with van der Waals surface area (Å²) in [6.45, 7) is 0. The van der Waals surface area contributed by atoms with Gasteiger partial charge in [-0.2, -0.15) is 0 Å². The molecule has 1 N–H and O–H groups in total. The first-order valence-electron chi connectivity index (χ1n) is 9.09. The van der Waals surface area contributed by atoms with E-state index in [0.29, 0.717) is 16.8 Å². The van der Waals surface area contributed by atoms with Crippen LogP contribution < -0.4 is 5.32 Å². The minimum absolute atomic E-state index is 0.198. The number of esters is 1. The second-order valence-corrected chi connectivity index (χ2v) is 6.48. The highest BCUT2D eigenvalue weighted by molar-refractivity contribution is 6.08. The summed E-state index contributed by atoms with van der Waals surface area (Å²) in [5, 5.41) is 3.90. The Morgan fingerprint density at radius 2 is 1.41 bits per heavy atom. The average Bonchev–Trinajstić information content (AvgIpc) is 2.79. The summed E-state index contributed by atoms with van der Waals surface area (Å²) in [6, 6.07) is 23.9. The number of pyridine rings is 1. The monoisotopic (exact) mass is 382 g/mol. The van der Waals surface area contributed by atoms with Gasteiger partial charge in [0.15, 0.2) is 0 Å². The molecule has 0 aliphatic carbocycles. The highest BCUT2D eigenvalue weighted by Gasteiger charge is 2.10. The Kier molecular flexibility index (Phi) is 5.03. The van der Waals surface area contributed by atoms with Crippen molar-refractivity contribution in [3.63, 3.8) is 0 Å². The molecule has 29 heavy (non-hydrogen) atoms. The van der Waals surface area contributed by atoms with E-state index in [1.807, 2.05) is 54.6 Å². The van der Waals surface area contributed by atoms with Gasteiger partial charge in [0, 0.05) is 17.1 Å². The molecule has 142 valence electrons. The first-order chi connectivity index (χ1) is 14.2. The van der Waals surface area contributed by atoms with Gasteiger partial charge in [0.25, 0.3) is 5.91 Å². The molecule has 0 saturated carbocycles. The second kappa shape index (κ2) is 7.94. The zero-order valence-electron chi connectivity index (χ0n) is 15.8. The van der Waals surface area contributed by atoms with Crippen LogP contribution in [-0.2, 0) is 4.74 Å². The number of anilines is 1. The van der Waals surface area contributed by atoms with Gasteiger partial charge in [-0.25, -0.2) is 4.79 Å². The number of para-hydroxylation sites is 1. The average molecular weight is 382 g/mol. The van der Waals surface area contributed by atoms with Crippen LogP contribution in [0.5, 0.6) is 0 Å². The molecular weight excluding hydrogens is 364 g/mol. The molecule has 5 heteroatoms. The van der Waals surface area contributed by atoms with E-state index in [1.165, 1.54) is 7.11 Å². The van der Waals surface area contributed by atoms with Crippen LogP contribution in [0.1, 0.15) is 20.7 Å². The maximum absolute atomic E-state index is 12.7. The number of rotatable bonds is 4. The quantitative estimate of drug-likeness (QED) is 0.508. The van der Waals surface area contributed by atoms with Gasteiger partial charge >= 0.3 is 5.97 Å². The zero-order chi connectivity index (χ0) is 20.2. The van der Waals surface area contributed by atoms with E-state index < -0.39 is 0 Å². The number of hydrogen-bond donors (Lipinski definition) is 1. The zero-order valence-corrected chi connectivity index (χ0v) is 15.8. The van der Waals surface area contributed by atoms with Crippen LogP contribution in [0, 0.1) is 0 Å². The van der Waals surface area contributed by atoms with Gasteiger partial charge in [0.2, 0.25) is 0 Å². The van der Waals surface area contributed by atoms with Gasteiger partial charge in [-0.1, -0.05) is 42.5 Å². The number of aromatic nitrogens is 1. The molecular formula is C24H18N2O3. The van der Waals surface area contributed by atoms with Crippen molar-refractivity contribution in [1.29, 1.82) is 0 Å². The van der Waals surface area contributed by atoms with Crippen molar-refractivity contribution in [1.82, 2.24) is 4.98 Å². The number of methoxy groups -OCH3 is 1. The number of benzene rings is 3. The van der Waals surface area contributed by atoms with Crippen molar-refractivity contribution < 1.29 is 14.3 Å². The minimum Gasteiger partial charge on any atom is -0.465 e. The first kappa shape index (κ1) is 18.4. The summed E-state index contributed by atoms with van der Waals surface area (Å²) in [5.74, 6) is -0.567. The number of carbonyl (C=O) groups is 2. The molecule has 0 radical (unpaired) electrons. The predicted molar refractivity (Wildman–Crippen MR) is 113 cm³/mol. The molecule has 5 nitrogen and oxygen atoms in total. The number of amides is 1. The van der Waals surface area contributed by atoms with Crippen LogP contribution in [0.2, 0.25) is 0 Å². The molecule has 1 aromatic heterocycles. The van der Waals surface area contributed by atoms with Crippen molar-refractivity contribution in [2.24, 2.45) is 0 Å². The number of hydrogen-bond acceptors (Lipinski definition) is 4. The first-order valence-corrected chi connectivity index (χ1v) is 9.09. The van der Waals surface area contributed by atoms with Crippen LogP contribution in [0.4, 0.5) is 5.69 Å². The Morgan fingerprint density at radius 1 is 0.793 bits per heavy atom. The second-order valence-electron chi connectivity index (χ2n) is 6.48. The Hall–Kier alpha value is -3.99. The molecule has 0 unspecified atom stereocenters. The summed E-state index contributed by atoms with van der Waals surface area (Å²) < 4.78 is 4.71. The molecule has 0 bridgehead atoms. The highest BCUT2D eigenvalue weighted by Crippen LogP contribution is 2.23. The summed E-state index contributed by atoms with van der Waals surface area (Å²) in [6.07, 6.45) is 1.71. The number of ether oxygens (including phenoxy) is 1. The third kappa shape index (κ3) is 3.84. The summed E-state index contributed by atoms with van der Waals surface area (Å²) in [4.78, 5) is 28.6. The Morgan fingerprint density at radius 3 is 2.07 bits per heavy atom. The van der Waals surface area contributed by atoms with Gasteiger partial charge < -0.3 is 10.1 Å². The Bertz CT molecular complexity index is 1180. The van der Waals surface area contributed by atoms with E-state index in [9.17, 15) is 9.59 Å². The van der Waals surface area contributed by atoms with Crippen molar-refractivity contribution in [3.8, 4) is 11.1 Å². The summed E-state index contributed by atoms with van der Waals surface area (Å²) in [7, 11) is 1.36. The lowest BCUT2D eigenvalue weighted by molar-refractivity contribution is 0.0600. The van der Waals surface area contributed by atoms with E-state index >= 15 is 0 Å². The molecule has 0 fully saturated rings. The van der Waals surface area contributed by atoms with Crippen molar-refractivity contribution in [3.05, 3.63) is 96.2 Å². The van der Waals surface area contributed by atoms with E-state index in [2.05, 4.69) is 10.3 Å². The van der Waals surface area contributed by atoms with E-state index in [4.69, 9.17) is 4.74 Å². The lowest BCUT2D eigenvalue weighted by Crippen LogP contribution is -2.12. The maximum atomic E-state index is 12.7. The maximum Gasteiger partial charge on any atom is 0.337 e. The summed E-state index contributed by atoms with van der Waals surface area (Å²) >= 11 is 0. The Balaban J connectivity index is 1.53. The van der Waals surface area contributed by atoms with Gasteiger partial charge in [0.1, 0.15) is 0 Å². The van der Waals surface area contributed by atoms with Crippen molar-refractivity contribution in [2.75, 3.05) is 12.4 Å². The molecule has 4 aromatic rings. The standard InChI is InChI=1S/C24H18N2O3/c1-29-24(28)20-13-9-17(10-14-20)16-7-11-19(12-8-16)23(27)26-21-6-2-4-18-5-3-15-25-22(18)21/h2-15H,1H3,(H,26,27). The van der Waals surface area contributed by atoms with Gasteiger partial charge in [-0.15, -0.1) is 0 Å². The molecule has 1 amide bonds. The smallest absolute Gasteiger partial charge is 0.337 e. The predicted octanol–water partition coefficient (Wildman–Crippen LogP) is 4.94. The fourth-order valence-electron chi connectivity index (χ4n) is 3.13. The van der Waals surface area contributed by atoms with Crippen LogP contribution in [-0.4, -0.2) is 24.0 Å². The molecule has 1 heterocycles. The van der Waals surface area contributed by atoms with Crippen LogP contribution in [0.15, 0.2) is 85.1 Å². The van der Waals surface area contributed by atoms with Crippen LogP contribution in [0.3, 0.4) is 0 Å². The number of nitrogens with one attached hydrogen (secondary N) is 1. The normalized spacial score (nSPS) is 10.5. The Labute approximate surface area is 168 Å². The molecule has 0 saturated heterocycles. The lowest BCUT2D eigenvalue weighted by Gasteiger charge is -2.09. The van der Waals surface area contributed by atoms with Crippen molar-refractivity contribution >= 4 is 28.5 Å². The number of carbonyl (C=O) groups excluding carboxylic acids is 2. The minimum atomic E-state index is -0.369. The molecule has 3 aromatic carbocycles. The largest absolute Gasteiger partial charge is 0.465 e. The highest BCUT2D eigenvalue weighted by atomic mass is 16.5. The van der Waals surface area contributed by atoms with Gasteiger partial charge in [-0.05, 0) is 47.5 Å². The fraction of sp³-hybridized carbons (Fsp3) is 0.0417. The molecule has 0 aliphatic rings. The van der Waals surface area contributed by atoms with Gasteiger partial charge in [-0.3, -0.25) is 9.78 Å². The molecule has 0 spiro atoms. The number of nitrogens with zero attached hydrogens (tertiary/aromatic N) is 1. The van der Waals surface area contributed by atoms with Crippen LogP contribution >= 0.6 is 0 Å². The topological polar surface area (TPSA) is 68.3 Å². The third-order valence-corrected chi connectivity index (χ3v) is 4.67. The molecule has 0 aliphatic heterocycles. The molecule has 0 atom stereocenters. The van der Waals surface area contributed by atoms with Crippen LogP contribution in [0.25, 0.3) is 22.0 Å². The van der Waals surface area contributed by atoms with Gasteiger partial charge in [0.05, 0.1) is 23.9 Å². The third-order valence-electron chi connectivity index (χ3n) is 4.67. The molecule has 4 rings (SSSR count). The summed E-state index contributed by atoms with van der Waals surface area (Å²) in [5.41, 5.74) is 4.37. The fourth-order valence-corrected chi connectivity index (χ4v) is 3.13. The lowest BCUT2D eigenvalue weighted by atomic mass is 10.0. The van der Waals surface area contributed by atoms with E-state index in [-0.39, 0.29) is 11.9 Å². The SMILES string of the molecule is COC(=O)c1ccc(-c2ccc(C(=O)Nc3cccc4cccnc34)cc2)cc1. The van der Waals surface area contributed by atoms with Crippen molar-refractivity contribution in [2.45, 2.75) is 0 Å². The van der Waals surface area contributed by atoms with E-state index in [1.54, 1.807) is 30.5 Å². The van der Waals surface area contributed by atoms with E-state index in [0.717, 1.165) is 22.0 Å². The number of fused-ring (bicyclic) bond motifs is 1.